The maximum atomic E-state index is 14.5. The van der Waals surface area contributed by atoms with Crippen LogP contribution in [0.2, 0.25) is 0 Å². The van der Waals surface area contributed by atoms with E-state index in [4.69, 9.17) is 5.73 Å². The zero-order valence-electron chi connectivity index (χ0n) is 31.8. The summed E-state index contributed by atoms with van der Waals surface area (Å²) in [5.41, 5.74) is 3.98. The molecule has 1 saturated carbocycles. The molecule has 0 aliphatic heterocycles. The molecule has 5 N–H and O–H groups in total. The van der Waals surface area contributed by atoms with Crippen molar-refractivity contribution in [1.29, 1.82) is 0 Å². The summed E-state index contributed by atoms with van der Waals surface area (Å²) in [7, 11) is -3.66. The fourth-order valence-corrected chi connectivity index (χ4v) is 8.97. The third-order valence-electron chi connectivity index (χ3n) is 9.50. The average Bonchev–Trinajstić information content (AvgIpc) is 2.96. The van der Waals surface area contributed by atoms with Crippen molar-refractivity contribution in [2.45, 2.75) is 122 Å². The van der Waals surface area contributed by atoms with Crippen molar-refractivity contribution < 1.29 is 32.4 Å². The minimum absolute atomic E-state index is 0.0446. The van der Waals surface area contributed by atoms with Crippen molar-refractivity contribution in [3.05, 3.63) is 35.9 Å². The Hall–Kier alpha value is -2.75. The largest absolute Gasteiger partial charge is 0.363 e. The van der Waals surface area contributed by atoms with E-state index in [1.165, 1.54) is 4.90 Å². The van der Waals surface area contributed by atoms with Gasteiger partial charge in [0.15, 0.2) is 13.9 Å². The summed E-state index contributed by atoms with van der Waals surface area (Å²) >= 11 is 1.86. The molecule has 0 heterocycles. The number of ketones is 1. The molecule has 5 atom stereocenters. The van der Waals surface area contributed by atoms with Gasteiger partial charge in [-0.2, -0.15) is 0 Å². The molecular formula is C37H60IN5O7S. The lowest BCUT2D eigenvalue weighted by atomic mass is 9.80. The predicted molar refractivity (Wildman–Crippen MR) is 208 cm³/mol. The van der Waals surface area contributed by atoms with E-state index in [1.807, 2.05) is 63.3 Å². The summed E-state index contributed by atoms with van der Waals surface area (Å²) in [4.78, 5) is 68.0. The standard InChI is InChI=1S/C37H60IN5O7S/c1-23(2)19-37(9,22-51(49,50)21-27-14-11-10-12-15-27)42-35(48)41-30(36(6,7)8)34(47)43(20-25(5)24(3)4)31(38)33(46)40-28(29(44)32(39)45)18-26-16-13-17-26/h10-12,14-15,23-26,28,30-31H,13,16-22H2,1-9H3,(H2,39,45)(H,40,46)(H2,41,42,48)/t25-,28?,30-,31-,37?/m1/s1. The van der Waals surface area contributed by atoms with Crippen LogP contribution in [0, 0.1) is 29.1 Å². The molecule has 1 aliphatic rings. The van der Waals surface area contributed by atoms with E-state index in [0.717, 1.165) is 19.3 Å². The van der Waals surface area contributed by atoms with Gasteiger partial charge < -0.3 is 26.6 Å². The van der Waals surface area contributed by atoms with E-state index in [2.05, 4.69) is 16.0 Å². The summed E-state index contributed by atoms with van der Waals surface area (Å²) < 4.78 is 25.6. The Morgan fingerprint density at radius 3 is 2.02 bits per heavy atom. The van der Waals surface area contributed by atoms with E-state index in [1.54, 1.807) is 52.0 Å². The zero-order chi connectivity index (χ0) is 38.9. The number of nitrogens with two attached hydrogens (primary N) is 1. The van der Waals surface area contributed by atoms with Gasteiger partial charge in [-0.15, -0.1) is 0 Å². The number of carbonyl (C=O) groups excluding carboxylic acids is 5. The second kappa shape index (κ2) is 18.8. The predicted octanol–water partition coefficient (Wildman–Crippen LogP) is 4.73. The molecular weight excluding hydrogens is 785 g/mol. The highest BCUT2D eigenvalue weighted by Crippen LogP contribution is 2.31. The van der Waals surface area contributed by atoms with Gasteiger partial charge in [-0.1, -0.05) is 105 Å². The number of nitrogens with zero attached hydrogens (tertiary/aromatic N) is 1. The van der Waals surface area contributed by atoms with Crippen LogP contribution in [0.1, 0.15) is 100.0 Å². The van der Waals surface area contributed by atoms with Gasteiger partial charge in [-0.05, 0) is 77.0 Å². The van der Waals surface area contributed by atoms with Gasteiger partial charge in [-0.25, -0.2) is 13.2 Å². The first kappa shape index (κ1) is 44.4. The monoisotopic (exact) mass is 845 g/mol. The van der Waals surface area contributed by atoms with E-state index >= 15 is 0 Å². The van der Waals surface area contributed by atoms with Gasteiger partial charge in [-0.3, -0.25) is 19.2 Å². The van der Waals surface area contributed by atoms with Crippen molar-refractivity contribution in [3.8, 4) is 0 Å². The van der Waals surface area contributed by atoms with Crippen LogP contribution in [-0.2, 0) is 34.8 Å². The number of urea groups is 1. The molecule has 0 saturated heterocycles. The van der Waals surface area contributed by atoms with E-state index in [9.17, 15) is 32.4 Å². The molecule has 0 radical (unpaired) electrons. The van der Waals surface area contributed by atoms with Gasteiger partial charge in [0.25, 0.3) is 11.8 Å². The maximum absolute atomic E-state index is 14.5. The minimum Gasteiger partial charge on any atom is -0.363 e. The van der Waals surface area contributed by atoms with Gasteiger partial charge in [0.05, 0.1) is 23.1 Å². The molecule has 0 aromatic heterocycles. The number of rotatable bonds is 19. The first-order valence-corrected chi connectivity index (χ1v) is 20.9. The molecule has 288 valence electrons. The number of nitrogens with one attached hydrogen (secondary N) is 3. The maximum Gasteiger partial charge on any atom is 0.315 e. The third-order valence-corrected chi connectivity index (χ3v) is 12.6. The Morgan fingerprint density at radius 2 is 1.55 bits per heavy atom. The molecule has 1 aromatic rings. The number of hydrogen-bond acceptors (Lipinski definition) is 7. The zero-order valence-corrected chi connectivity index (χ0v) is 34.7. The molecule has 0 spiro atoms. The summed E-state index contributed by atoms with van der Waals surface area (Å²) in [6.45, 7) is 17.1. The number of benzene rings is 1. The van der Waals surface area contributed by atoms with Crippen LogP contribution in [0.3, 0.4) is 0 Å². The quantitative estimate of drug-likeness (QED) is 0.0672. The Balaban J connectivity index is 2.38. The molecule has 2 rings (SSSR count). The molecule has 12 nitrogen and oxygen atoms in total. The number of halogens is 1. The van der Waals surface area contributed by atoms with Crippen LogP contribution in [0.4, 0.5) is 4.79 Å². The third kappa shape index (κ3) is 14.3. The number of alkyl halides is 1. The van der Waals surface area contributed by atoms with Crippen molar-refractivity contribution in [2.24, 2.45) is 34.8 Å². The molecule has 2 unspecified atom stereocenters. The fourth-order valence-electron chi connectivity index (χ4n) is 6.33. The lowest BCUT2D eigenvalue weighted by Gasteiger charge is -2.39. The molecule has 14 heteroatoms. The Morgan fingerprint density at radius 1 is 0.961 bits per heavy atom. The number of amides is 5. The second-order valence-corrected chi connectivity index (χ2v) is 19.7. The first-order valence-electron chi connectivity index (χ1n) is 17.9. The molecule has 1 aromatic carbocycles. The molecule has 51 heavy (non-hydrogen) atoms. The van der Waals surface area contributed by atoms with Crippen molar-refractivity contribution in [2.75, 3.05) is 12.3 Å². The van der Waals surface area contributed by atoms with Crippen LogP contribution in [0.5, 0.6) is 0 Å². The van der Waals surface area contributed by atoms with E-state index < -0.39 is 66.5 Å². The number of hydrogen-bond donors (Lipinski definition) is 4. The number of Topliss-reactive ketones (excluding diaryl/α,β-unsaturated/α-hetero) is 1. The Kier molecular flexibility index (Phi) is 16.4. The van der Waals surface area contributed by atoms with Crippen LogP contribution in [0.25, 0.3) is 0 Å². The first-order chi connectivity index (χ1) is 23.4. The lowest BCUT2D eigenvalue weighted by molar-refractivity contribution is -0.142. The van der Waals surface area contributed by atoms with Gasteiger partial charge in [0.2, 0.25) is 11.7 Å². The average molecular weight is 846 g/mol. The highest BCUT2D eigenvalue weighted by Gasteiger charge is 2.42. The van der Waals surface area contributed by atoms with Gasteiger partial charge >= 0.3 is 6.03 Å². The number of primary amides is 1. The van der Waals surface area contributed by atoms with Crippen molar-refractivity contribution in [3.63, 3.8) is 0 Å². The van der Waals surface area contributed by atoms with Crippen molar-refractivity contribution in [1.82, 2.24) is 20.9 Å². The molecule has 1 fully saturated rings. The van der Waals surface area contributed by atoms with Crippen LogP contribution < -0.4 is 21.7 Å². The smallest absolute Gasteiger partial charge is 0.315 e. The number of sulfone groups is 1. The summed E-state index contributed by atoms with van der Waals surface area (Å²) in [6.07, 6.45) is 3.44. The summed E-state index contributed by atoms with van der Waals surface area (Å²) in [6, 6.07) is 5.92. The van der Waals surface area contributed by atoms with Gasteiger partial charge in [0.1, 0.15) is 6.04 Å². The second-order valence-electron chi connectivity index (χ2n) is 16.4. The van der Waals surface area contributed by atoms with Crippen LogP contribution in [0.15, 0.2) is 30.3 Å². The topological polar surface area (TPSA) is 185 Å². The van der Waals surface area contributed by atoms with E-state index in [-0.39, 0.29) is 48.1 Å². The highest BCUT2D eigenvalue weighted by atomic mass is 127. The van der Waals surface area contributed by atoms with Gasteiger partial charge in [0, 0.05) is 6.54 Å². The Labute approximate surface area is 318 Å². The normalized spacial score (nSPS) is 17.3. The fraction of sp³-hybridized carbons (Fsp3) is 0.703. The Bertz CT molecular complexity index is 1480. The molecule has 5 amide bonds. The molecule has 0 bridgehead atoms. The summed E-state index contributed by atoms with van der Waals surface area (Å²) in [5, 5.41) is 8.41. The highest BCUT2D eigenvalue weighted by molar-refractivity contribution is 14.1. The minimum atomic E-state index is -3.66. The van der Waals surface area contributed by atoms with Crippen molar-refractivity contribution >= 4 is 62.0 Å². The van der Waals surface area contributed by atoms with E-state index in [0.29, 0.717) is 12.0 Å². The molecule has 1 aliphatic carbocycles. The lowest BCUT2D eigenvalue weighted by Crippen LogP contribution is -2.63. The van der Waals surface area contributed by atoms with Crippen LogP contribution >= 0.6 is 22.6 Å². The number of carbonyl (C=O) groups is 5. The summed E-state index contributed by atoms with van der Waals surface area (Å²) in [5.74, 6) is -3.31. The SMILES string of the molecule is CC(C)CC(C)(CS(=O)(=O)Cc1ccccc1)NC(=O)N[C@H](C(=O)N(C[C@@H](C)C(C)C)[C@@H](I)C(=O)NC(CC1CCC1)C(=O)C(N)=O)C(C)(C)C. The van der Waals surface area contributed by atoms with Crippen LogP contribution in [-0.4, -0.2) is 76.8 Å².